The van der Waals surface area contributed by atoms with Gasteiger partial charge in [0.05, 0.1) is 19.8 Å². The molecule has 0 heterocycles. The second-order valence-electron chi connectivity index (χ2n) is 4.22. The van der Waals surface area contributed by atoms with Crippen LogP contribution in [0.25, 0.3) is 0 Å². The Morgan fingerprint density at radius 1 is 1.53 bits per heavy atom. The maximum Gasteiger partial charge on any atom is 0.319 e. The van der Waals surface area contributed by atoms with Crippen molar-refractivity contribution in [1.82, 2.24) is 5.32 Å². The Balaban J connectivity index is 2.10. The molecule has 1 fully saturated rings. The molecule has 1 aliphatic rings. The summed E-state index contributed by atoms with van der Waals surface area (Å²) in [6, 6.07) is 0. The summed E-state index contributed by atoms with van der Waals surface area (Å²) in [4.78, 5) is 11.3. The highest BCUT2D eigenvalue weighted by Gasteiger charge is 2.36. The predicted octanol–water partition coefficient (Wildman–Crippen LogP) is 0.834. The topological polar surface area (TPSA) is 58.6 Å². The molecule has 0 aromatic rings. The minimum absolute atomic E-state index is 0.106. The van der Waals surface area contributed by atoms with E-state index in [-0.39, 0.29) is 24.7 Å². The lowest BCUT2D eigenvalue weighted by molar-refractivity contribution is -0.143. The van der Waals surface area contributed by atoms with Gasteiger partial charge in [-0.2, -0.15) is 0 Å². The van der Waals surface area contributed by atoms with E-state index in [2.05, 4.69) is 12.2 Å². The smallest absolute Gasteiger partial charge is 0.319 e. The van der Waals surface area contributed by atoms with Crippen LogP contribution in [0.5, 0.6) is 0 Å². The van der Waals surface area contributed by atoms with E-state index in [0.717, 1.165) is 32.1 Å². The number of nitrogens with one attached hydrogen (secondary N) is 1. The van der Waals surface area contributed by atoms with Crippen LogP contribution in [0.1, 0.15) is 39.0 Å². The van der Waals surface area contributed by atoms with E-state index in [0.29, 0.717) is 6.61 Å². The summed E-state index contributed by atoms with van der Waals surface area (Å²) in [6.45, 7) is 2.88. The number of aliphatic hydroxyl groups excluding tert-OH is 1. The molecule has 1 rings (SSSR count). The first-order valence-electron chi connectivity index (χ1n) is 5.74. The number of carbonyl (C=O) groups excluding carboxylic acids is 1. The van der Waals surface area contributed by atoms with Crippen LogP contribution in [0.15, 0.2) is 0 Å². The van der Waals surface area contributed by atoms with Crippen LogP contribution in [-0.4, -0.2) is 36.4 Å². The van der Waals surface area contributed by atoms with Crippen molar-refractivity contribution in [2.75, 3.05) is 19.8 Å². The van der Waals surface area contributed by atoms with Crippen LogP contribution in [0.2, 0.25) is 0 Å². The summed E-state index contributed by atoms with van der Waals surface area (Å²) in [5, 5.41) is 12.2. The van der Waals surface area contributed by atoms with Crippen molar-refractivity contribution in [3.63, 3.8) is 0 Å². The van der Waals surface area contributed by atoms with Crippen molar-refractivity contribution in [2.45, 2.75) is 44.6 Å². The van der Waals surface area contributed by atoms with Gasteiger partial charge in [-0.05, 0) is 25.7 Å². The van der Waals surface area contributed by atoms with Crippen LogP contribution in [-0.2, 0) is 9.53 Å². The molecule has 4 heteroatoms. The second kappa shape index (κ2) is 6.08. The van der Waals surface area contributed by atoms with Crippen LogP contribution >= 0.6 is 0 Å². The van der Waals surface area contributed by atoms with E-state index in [1.807, 2.05) is 0 Å². The van der Waals surface area contributed by atoms with Gasteiger partial charge in [-0.25, -0.2) is 0 Å². The highest BCUT2D eigenvalue weighted by molar-refractivity contribution is 5.71. The average molecular weight is 215 g/mol. The quantitative estimate of drug-likeness (QED) is 0.488. The van der Waals surface area contributed by atoms with E-state index in [1.54, 1.807) is 0 Å². The van der Waals surface area contributed by atoms with Crippen molar-refractivity contribution in [1.29, 1.82) is 0 Å². The minimum atomic E-state index is -0.219. The summed E-state index contributed by atoms with van der Waals surface area (Å²) >= 11 is 0. The normalized spacial score (nSPS) is 18.3. The Morgan fingerprint density at radius 2 is 2.27 bits per heavy atom. The van der Waals surface area contributed by atoms with Gasteiger partial charge in [-0.15, -0.1) is 0 Å². The van der Waals surface area contributed by atoms with Gasteiger partial charge in [0.2, 0.25) is 0 Å². The number of hydrogen-bond acceptors (Lipinski definition) is 4. The zero-order valence-corrected chi connectivity index (χ0v) is 9.42. The average Bonchev–Trinajstić information content (AvgIpc) is 2.17. The first-order valence-corrected chi connectivity index (χ1v) is 5.74. The third kappa shape index (κ3) is 3.80. The molecule has 1 saturated carbocycles. The standard InChI is InChI=1S/C11H21NO3/c1-2-3-7-15-10(14)8-12-11(9-13)5-4-6-11/h12-13H,2-9H2,1H3. The largest absolute Gasteiger partial charge is 0.465 e. The van der Waals surface area contributed by atoms with Crippen LogP contribution in [0, 0.1) is 0 Å². The number of unbranched alkanes of at least 4 members (excludes halogenated alkanes) is 1. The van der Waals surface area contributed by atoms with E-state index < -0.39 is 0 Å². The first kappa shape index (κ1) is 12.5. The highest BCUT2D eigenvalue weighted by atomic mass is 16.5. The summed E-state index contributed by atoms with van der Waals surface area (Å²) in [5.41, 5.74) is -0.205. The summed E-state index contributed by atoms with van der Waals surface area (Å²) in [7, 11) is 0. The zero-order valence-electron chi connectivity index (χ0n) is 9.42. The first-order chi connectivity index (χ1) is 7.22. The highest BCUT2D eigenvalue weighted by Crippen LogP contribution is 2.30. The molecule has 0 saturated heterocycles. The predicted molar refractivity (Wildman–Crippen MR) is 57.5 cm³/mol. The Hall–Kier alpha value is -0.610. The zero-order chi connectivity index (χ0) is 11.1. The fourth-order valence-corrected chi connectivity index (χ4v) is 1.64. The number of hydrogen-bond donors (Lipinski definition) is 2. The number of carbonyl (C=O) groups is 1. The van der Waals surface area contributed by atoms with Gasteiger partial charge in [-0.3, -0.25) is 10.1 Å². The molecule has 0 aliphatic heterocycles. The maximum absolute atomic E-state index is 11.3. The fourth-order valence-electron chi connectivity index (χ4n) is 1.64. The van der Waals surface area contributed by atoms with E-state index in [9.17, 15) is 4.79 Å². The van der Waals surface area contributed by atoms with Crippen LogP contribution in [0.3, 0.4) is 0 Å². The lowest BCUT2D eigenvalue weighted by Gasteiger charge is -2.40. The Bertz CT molecular complexity index is 196. The molecular formula is C11H21NO3. The number of esters is 1. The Kier molecular flexibility index (Phi) is 5.05. The Morgan fingerprint density at radius 3 is 2.73 bits per heavy atom. The van der Waals surface area contributed by atoms with E-state index >= 15 is 0 Å². The molecule has 0 spiro atoms. The van der Waals surface area contributed by atoms with Gasteiger partial charge in [0.1, 0.15) is 0 Å². The Labute approximate surface area is 91.0 Å². The van der Waals surface area contributed by atoms with Gasteiger partial charge in [-0.1, -0.05) is 13.3 Å². The van der Waals surface area contributed by atoms with Gasteiger partial charge in [0.25, 0.3) is 0 Å². The third-order valence-electron chi connectivity index (χ3n) is 2.98. The lowest BCUT2D eigenvalue weighted by Crippen LogP contribution is -2.55. The summed E-state index contributed by atoms with van der Waals surface area (Å²) in [6.07, 6.45) is 4.97. The molecule has 2 N–H and O–H groups in total. The molecule has 4 nitrogen and oxygen atoms in total. The van der Waals surface area contributed by atoms with Gasteiger partial charge < -0.3 is 9.84 Å². The molecule has 0 bridgehead atoms. The van der Waals surface area contributed by atoms with Crippen LogP contribution < -0.4 is 5.32 Å². The van der Waals surface area contributed by atoms with Crippen molar-refractivity contribution in [3.8, 4) is 0 Å². The van der Waals surface area contributed by atoms with Crippen molar-refractivity contribution >= 4 is 5.97 Å². The van der Waals surface area contributed by atoms with Crippen molar-refractivity contribution in [3.05, 3.63) is 0 Å². The van der Waals surface area contributed by atoms with Crippen molar-refractivity contribution in [2.24, 2.45) is 0 Å². The molecular weight excluding hydrogens is 194 g/mol. The van der Waals surface area contributed by atoms with Gasteiger partial charge in [0.15, 0.2) is 0 Å². The SMILES string of the molecule is CCCCOC(=O)CNC1(CO)CCC1. The number of rotatable bonds is 7. The van der Waals surface area contributed by atoms with Crippen molar-refractivity contribution < 1.29 is 14.6 Å². The molecule has 0 aromatic heterocycles. The minimum Gasteiger partial charge on any atom is -0.465 e. The van der Waals surface area contributed by atoms with Gasteiger partial charge >= 0.3 is 5.97 Å². The fraction of sp³-hybridized carbons (Fsp3) is 0.909. The van der Waals surface area contributed by atoms with Gasteiger partial charge in [0, 0.05) is 5.54 Å². The molecule has 0 atom stereocenters. The third-order valence-corrected chi connectivity index (χ3v) is 2.98. The molecule has 0 aromatic carbocycles. The number of aliphatic hydroxyl groups is 1. The van der Waals surface area contributed by atoms with E-state index in [1.165, 1.54) is 0 Å². The molecule has 0 unspecified atom stereocenters. The molecule has 88 valence electrons. The second-order valence-corrected chi connectivity index (χ2v) is 4.22. The lowest BCUT2D eigenvalue weighted by atomic mass is 9.77. The summed E-state index contributed by atoms with van der Waals surface area (Å²) in [5.74, 6) is -0.219. The number of ether oxygens (including phenoxy) is 1. The molecule has 0 radical (unpaired) electrons. The molecule has 15 heavy (non-hydrogen) atoms. The summed E-state index contributed by atoms with van der Waals surface area (Å²) < 4.78 is 5.01. The molecule has 1 aliphatic carbocycles. The van der Waals surface area contributed by atoms with E-state index in [4.69, 9.17) is 9.84 Å². The molecule has 0 amide bonds. The maximum atomic E-state index is 11.3. The monoisotopic (exact) mass is 215 g/mol. The van der Waals surface area contributed by atoms with Crippen LogP contribution in [0.4, 0.5) is 0 Å².